The summed E-state index contributed by atoms with van der Waals surface area (Å²) < 4.78 is 0. The molecule has 1 aliphatic rings. The number of aliphatic hydroxyl groups is 1. The number of halogens is 1. The SMILES string of the molecule is O=C(CC(O)c1ccc(Cl)cc1)NCCC1=CCCC1. The van der Waals surface area contributed by atoms with Gasteiger partial charge >= 0.3 is 0 Å². The Morgan fingerprint density at radius 3 is 2.75 bits per heavy atom. The minimum absolute atomic E-state index is 0.0840. The van der Waals surface area contributed by atoms with Gasteiger partial charge in [0.05, 0.1) is 12.5 Å². The molecule has 1 unspecified atom stereocenters. The fourth-order valence-corrected chi connectivity index (χ4v) is 2.50. The monoisotopic (exact) mass is 293 g/mol. The number of hydrogen-bond acceptors (Lipinski definition) is 2. The third-order valence-electron chi connectivity index (χ3n) is 3.54. The van der Waals surface area contributed by atoms with Crippen molar-refractivity contribution < 1.29 is 9.90 Å². The van der Waals surface area contributed by atoms with Crippen LogP contribution in [0.5, 0.6) is 0 Å². The van der Waals surface area contributed by atoms with E-state index in [-0.39, 0.29) is 12.3 Å². The Labute approximate surface area is 124 Å². The number of carbonyl (C=O) groups is 1. The molecule has 0 spiro atoms. The molecule has 0 saturated carbocycles. The lowest BCUT2D eigenvalue weighted by Crippen LogP contribution is -2.26. The molecule has 0 fully saturated rings. The lowest BCUT2D eigenvalue weighted by Gasteiger charge is -2.11. The maximum Gasteiger partial charge on any atom is 0.222 e. The van der Waals surface area contributed by atoms with E-state index in [0.717, 1.165) is 12.8 Å². The molecule has 3 nitrogen and oxygen atoms in total. The van der Waals surface area contributed by atoms with Gasteiger partial charge in [-0.15, -0.1) is 0 Å². The fraction of sp³-hybridized carbons (Fsp3) is 0.438. The summed E-state index contributed by atoms with van der Waals surface area (Å²) >= 11 is 5.79. The van der Waals surface area contributed by atoms with Crippen molar-refractivity contribution in [3.8, 4) is 0 Å². The Kier molecular flexibility index (Phi) is 5.62. The van der Waals surface area contributed by atoms with Crippen LogP contribution in [0.3, 0.4) is 0 Å². The number of aliphatic hydroxyl groups excluding tert-OH is 1. The molecule has 20 heavy (non-hydrogen) atoms. The van der Waals surface area contributed by atoms with Gasteiger partial charge in [-0.25, -0.2) is 0 Å². The lowest BCUT2D eigenvalue weighted by atomic mass is 10.1. The minimum atomic E-state index is -0.780. The highest BCUT2D eigenvalue weighted by molar-refractivity contribution is 6.30. The first-order chi connectivity index (χ1) is 9.65. The zero-order valence-electron chi connectivity index (χ0n) is 11.4. The molecule has 2 N–H and O–H groups in total. The molecule has 1 atom stereocenters. The number of nitrogens with one attached hydrogen (secondary N) is 1. The average molecular weight is 294 g/mol. The second-order valence-corrected chi connectivity index (χ2v) is 5.56. The molecule has 108 valence electrons. The van der Waals surface area contributed by atoms with E-state index in [1.165, 1.54) is 18.4 Å². The van der Waals surface area contributed by atoms with Crippen LogP contribution in [0.1, 0.15) is 43.8 Å². The molecule has 0 aromatic heterocycles. The van der Waals surface area contributed by atoms with Crippen molar-refractivity contribution >= 4 is 17.5 Å². The molecular formula is C16H20ClNO2. The van der Waals surface area contributed by atoms with Gasteiger partial charge in [0.25, 0.3) is 0 Å². The number of benzene rings is 1. The van der Waals surface area contributed by atoms with Crippen molar-refractivity contribution in [3.63, 3.8) is 0 Å². The van der Waals surface area contributed by atoms with Gasteiger partial charge < -0.3 is 10.4 Å². The summed E-state index contributed by atoms with van der Waals surface area (Å²) in [5, 5.41) is 13.5. The molecule has 0 saturated heterocycles. The largest absolute Gasteiger partial charge is 0.388 e. The van der Waals surface area contributed by atoms with Crippen molar-refractivity contribution in [1.82, 2.24) is 5.32 Å². The number of amides is 1. The van der Waals surface area contributed by atoms with Gasteiger partial charge in [-0.05, 0) is 43.4 Å². The van der Waals surface area contributed by atoms with E-state index in [0.29, 0.717) is 17.1 Å². The highest BCUT2D eigenvalue weighted by Crippen LogP contribution is 2.20. The first kappa shape index (κ1) is 15.1. The highest BCUT2D eigenvalue weighted by atomic mass is 35.5. The van der Waals surface area contributed by atoms with Crippen LogP contribution in [0.15, 0.2) is 35.9 Å². The number of hydrogen-bond donors (Lipinski definition) is 2. The van der Waals surface area contributed by atoms with Gasteiger partial charge in [0, 0.05) is 11.6 Å². The third kappa shape index (κ3) is 4.66. The standard InChI is InChI=1S/C16H20ClNO2/c17-14-7-5-13(6-8-14)15(19)11-16(20)18-10-9-12-3-1-2-4-12/h3,5-8,15,19H,1-2,4,9-11H2,(H,18,20). The second-order valence-electron chi connectivity index (χ2n) is 5.13. The summed E-state index contributed by atoms with van der Waals surface area (Å²) in [7, 11) is 0. The minimum Gasteiger partial charge on any atom is -0.388 e. The van der Waals surface area contributed by atoms with E-state index >= 15 is 0 Å². The van der Waals surface area contributed by atoms with E-state index in [9.17, 15) is 9.90 Å². The molecule has 1 aromatic rings. The highest BCUT2D eigenvalue weighted by Gasteiger charge is 2.13. The van der Waals surface area contributed by atoms with Crippen LogP contribution in [0.4, 0.5) is 0 Å². The first-order valence-electron chi connectivity index (χ1n) is 7.03. The molecule has 1 aromatic carbocycles. The summed E-state index contributed by atoms with van der Waals surface area (Å²) in [5.74, 6) is -0.119. The maximum absolute atomic E-state index is 11.8. The molecule has 4 heteroatoms. The zero-order valence-corrected chi connectivity index (χ0v) is 12.2. The van der Waals surface area contributed by atoms with Gasteiger partial charge in [-0.1, -0.05) is 35.4 Å². The van der Waals surface area contributed by atoms with Gasteiger partial charge in [0.1, 0.15) is 0 Å². The number of allylic oxidation sites excluding steroid dienone is 1. The molecule has 0 radical (unpaired) electrons. The van der Waals surface area contributed by atoms with E-state index in [2.05, 4.69) is 11.4 Å². The topological polar surface area (TPSA) is 49.3 Å². The molecular weight excluding hydrogens is 274 g/mol. The van der Waals surface area contributed by atoms with Crippen molar-refractivity contribution in [3.05, 3.63) is 46.5 Å². The molecule has 0 bridgehead atoms. The van der Waals surface area contributed by atoms with Crippen LogP contribution < -0.4 is 5.32 Å². The molecule has 1 aliphatic carbocycles. The maximum atomic E-state index is 11.8. The smallest absolute Gasteiger partial charge is 0.222 e. The summed E-state index contributed by atoms with van der Waals surface area (Å²) in [6.45, 7) is 0.651. The van der Waals surface area contributed by atoms with Gasteiger partial charge in [0.2, 0.25) is 5.91 Å². The lowest BCUT2D eigenvalue weighted by molar-refractivity contribution is -0.123. The van der Waals surface area contributed by atoms with Crippen LogP contribution >= 0.6 is 11.6 Å². The summed E-state index contributed by atoms with van der Waals surface area (Å²) in [6.07, 6.45) is 6.04. The summed E-state index contributed by atoms with van der Waals surface area (Å²) in [6, 6.07) is 6.91. The first-order valence-corrected chi connectivity index (χ1v) is 7.41. The average Bonchev–Trinajstić information content (AvgIpc) is 2.92. The molecule has 0 aliphatic heterocycles. The van der Waals surface area contributed by atoms with Crippen LogP contribution in [0, 0.1) is 0 Å². The van der Waals surface area contributed by atoms with Gasteiger partial charge in [0.15, 0.2) is 0 Å². The third-order valence-corrected chi connectivity index (χ3v) is 3.79. The van der Waals surface area contributed by atoms with Crippen LogP contribution in [0.2, 0.25) is 5.02 Å². The summed E-state index contributed by atoms with van der Waals surface area (Å²) in [4.78, 5) is 11.8. The van der Waals surface area contributed by atoms with Crippen molar-refractivity contribution in [2.45, 2.75) is 38.2 Å². The molecule has 1 amide bonds. The van der Waals surface area contributed by atoms with E-state index in [1.807, 2.05) is 0 Å². The van der Waals surface area contributed by atoms with Crippen molar-refractivity contribution in [1.29, 1.82) is 0 Å². The zero-order chi connectivity index (χ0) is 14.4. The Balaban J connectivity index is 1.71. The predicted octanol–water partition coefficient (Wildman–Crippen LogP) is 3.38. The Hall–Kier alpha value is -1.32. The van der Waals surface area contributed by atoms with E-state index in [4.69, 9.17) is 11.6 Å². The molecule has 0 heterocycles. The van der Waals surface area contributed by atoms with Gasteiger partial charge in [-0.2, -0.15) is 0 Å². The second kappa shape index (κ2) is 7.46. The summed E-state index contributed by atoms with van der Waals surface area (Å²) in [5.41, 5.74) is 2.15. The number of rotatable bonds is 6. The number of carbonyl (C=O) groups excluding carboxylic acids is 1. The van der Waals surface area contributed by atoms with Crippen LogP contribution in [-0.2, 0) is 4.79 Å². The van der Waals surface area contributed by atoms with E-state index < -0.39 is 6.10 Å². The Morgan fingerprint density at radius 1 is 1.35 bits per heavy atom. The van der Waals surface area contributed by atoms with E-state index in [1.54, 1.807) is 24.3 Å². The van der Waals surface area contributed by atoms with Crippen molar-refractivity contribution in [2.24, 2.45) is 0 Å². The Morgan fingerprint density at radius 2 is 2.10 bits per heavy atom. The van der Waals surface area contributed by atoms with Crippen LogP contribution in [-0.4, -0.2) is 17.6 Å². The quantitative estimate of drug-likeness (QED) is 0.790. The van der Waals surface area contributed by atoms with Gasteiger partial charge in [-0.3, -0.25) is 4.79 Å². The predicted molar refractivity (Wildman–Crippen MR) is 80.6 cm³/mol. The molecule has 2 rings (SSSR count). The normalized spacial score (nSPS) is 15.8. The fourth-order valence-electron chi connectivity index (χ4n) is 2.38. The van der Waals surface area contributed by atoms with Crippen molar-refractivity contribution in [2.75, 3.05) is 6.54 Å². The van der Waals surface area contributed by atoms with Crippen LogP contribution in [0.25, 0.3) is 0 Å². The Bertz CT molecular complexity index is 482.